The van der Waals surface area contributed by atoms with E-state index in [1.807, 2.05) is 47.4 Å². The quantitative estimate of drug-likeness (QED) is 0.306. The van der Waals surface area contributed by atoms with Gasteiger partial charge in [-0.3, -0.25) is 9.78 Å². The van der Waals surface area contributed by atoms with Gasteiger partial charge in [-0.25, -0.2) is 18.4 Å². The van der Waals surface area contributed by atoms with Crippen molar-refractivity contribution in [2.45, 2.75) is 48.6 Å². The van der Waals surface area contributed by atoms with Crippen LogP contribution in [-0.2, 0) is 9.84 Å². The number of nitrogens with zero attached hydrogens (tertiary/aromatic N) is 6. The maximum atomic E-state index is 13.5. The van der Waals surface area contributed by atoms with Gasteiger partial charge in [-0.05, 0) is 43.9 Å². The monoisotopic (exact) mass is 594 g/mol. The zero-order valence-electron chi connectivity index (χ0n) is 23.5. The van der Waals surface area contributed by atoms with Crippen molar-refractivity contribution < 1.29 is 13.2 Å². The number of anilines is 2. The summed E-state index contributed by atoms with van der Waals surface area (Å²) in [5.74, 6) is -0.136. The number of aromatic nitrogens is 5. The molecule has 5 aromatic rings. The van der Waals surface area contributed by atoms with Crippen molar-refractivity contribution >= 4 is 33.0 Å². The Kier molecular flexibility index (Phi) is 6.38. The zero-order valence-corrected chi connectivity index (χ0v) is 24.3. The SMILES string of the molecule is CS(=O)(=O)c1c([C@H]2C[C@H]3CC[C@@H](C2)N3C(=O)c2cccnc2N)nc2c(-c3ccc(-c4ccccc4)nc3)cnn2c1N. The first-order valence-corrected chi connectivity index (χ1v) is 16.0. The highest BCUT2D eigenvalue weighted by molar-refractivity contribution is 7.91. The molecule has 4 aromatic heterocycles. The van der Waals surface area contributed by atoms with Gasteiger partial charge in [-0.2, -0.15) is 9.61 Å². The van der Waals surface area contributed by atoms with Gasteiger partial charge in [0, 0.05) is 53.3 Å². The minimum absolute atomic E-state index is 0.00659. The Labute approximate surface area is 248 Å². The summed E-state index contributed by atoms with van der Waals surface area (Å²) >= 11 is 0. The van der Waals surface area contributed by atoms with Crippen molar-refractivity contribution in [1.82, 2.24) is 29.5 Å². The number of pyridine rings is 2. The number of sulfone groups is 1. The van der Waals surface area contributed by atoms with Crippen LogP contribution < -0.4 is 11.5 Å². The number of hydrogen-bond acceptors (Lipinski definition) is 9. The number of benzene rings is 1. The van der Waals surface area contributed by atoms with E-state index in [1.165, 1.54) is 4.52 Å². The van der Waals surface area contributed by atoms with Gasteiger partial charge in [-0.15, -0.1) is 0 Å². The lowest BCUT2D eigenvalue weighted by molar-refractivity contribution is 0.0569. The van der Waals surface area contributed by atoms with E-state index in [-0.39, 0.29) is 40.4 Å². The number of piperidine rings is 1. The minimum atomic E-state index is -3.76. The molecule has 2 saturated heterocycles. The van der Waals surface area contributed by atoms with Crippen LogP contribution in [0.25, 0.3) is 28.0 Å². The van der Waals surface area contributed by atoms with E-state index >= 15 is 0 Å². The first-order chi connectivity index (χ1) is 20.7. The molecule has 6 heterocycles. The number of nitrogens with two attached hydrogens (primary N) is 2. The molecule has 43 heavy (non-hydrogen) atoms. The van der Waals surface area contributed by atoms with Gasteiger partial charge >= 0.3 is 0 Å². The van der Waals surface area contributed by atoms with Crippen LogP contribution >= 0.6 is 0 Å². The Morgan fingerprint density at radius 2 is 1.65 bits per heavy atom. The molecule has 4 N–H and O–H groups in total. The number of nitrogen functional groups attached to an aromatic ring is 2. The van der Waals surface area contributed by atoms with Gasteiger partial charge < -0.3 is 16.4 Å². The Morgan fingerprint density at radius 1 is 0.907 bits per heavy atom. The molecule has 1 aromatic carbocycles. The highest BCUT2D eigenvalue weighted by Crippen LogP contribution is 2.46. The second-order valence-electron chi connectivity index (χ2n) is 11.3. The van der Waals surface area contributed by atoms with Crippen molar-refractivity contribution in [3.63, 3.8) is 0 Å². The number of carbonyl (C=O) groups excluding carboxylic acids is 1. The third-order valence-electron chi connectivity index (χ3n) is 8.60. The fourth-order valence-corrected chi connectivity index (χ4v) is 7.74. The fourth-order valence-electron chi connectivity index (χ4n) is 6.68. The molecule has 2 fully saturated rings. The number of carbonyl (C=O) groups is 1. The summed E-state index contributed by atoms with van der Waals surface area (Å²) < 4.78 is 27.6. The average Bonchev–Trinajstić information content (AvgIpc) is 3.55. The van der Waals surface area contributed by atoms with Crippen molar-refractivity contribution in [2.24, 2.45) is 0 Å². The third kappa shape index (κ3) is 4.58. The molecule has 3 atom stereocenters. The molecule has 2 aliphatic rings. The summed E-state index contributed by atoms with van der Waals surface area (Å²) in [5, 5.41) is 4.42. The Morgan fingerprint density at radius 3 is 2.30 bits per heavy atom. The smallest absolute Gasteiger partial charge is 0.258 e. The van der Waals surface area contributed by atoms with Gasteiger partial charge in [0.1, 0.15) is 16.5 Å². The zero-order chi connectivity index (χ0) is 29.9. The molecule has 11 nitrogen and oxygen atoms in total. The molecule has 0 saturated carbocycles. The standard InChI is InChI=1S/C31H30N8O3S/c1-43(41,42)27-26(20-14-21-10-11-22(15-20)38(21)31(40)23-8-5-13-34-28(23)32)37-30-24(17-36-39(30)29(27)33)19-9-12-25(35-16-19)18-6-3-2-4-7-18/h2-9,12-13,16-17,20-22H,10-11,14-15,33H2,1H3,(H2,32,34)/t20-,21+,22-. The molecule has 0 radical (unpaired) electrons. The summed E-state index contributed by atoms with van der Waals surface area (Å²) in [5.41, 5.74) is 17.1. The number of rotatable bonds is 5. The molecular weight excluding hydrogens is 564 g/mol. The predicted molar refractivity (Wildman–Crippen MR) is 163 cm³/mol. The molecule has 0 spiro atoms. The Bertz CT molecular complexity index is 1960. The molecule has 1 amide bonds. The van der Waals surface area contributed by atoms with E-state index in [2.05, 4.69) is 15.1 Å². The summed E-state index contributed by atoms with van der Waals surface area (Å²) in [6, 6.07) is 17.0. The Hall–Kier alpha value is -4.84. The van der Waals surface area contributed by atoms with Crippen molar-refractivity contribution in [3.05, 3.63) is 84.4 Å². The lowest BCUT2D eigenvalue weighted by Gasteiger charge is -2.39. The molecule has 2 bridgehead atoms. The van der Waals surface area contributed by atoms with Gasteiger partial charge in [0.25, 0.3) is 5.91 Å². The number of fused-ring (bicyclic) bond motifs is 3. The topological polar surface area (TPSA) is 162 Å². The Balaban J connectivity index is 1.27. The highest BCUT2D eigenvalue weighted by atomic mass is 32.2. The van der Waals surface area contributed by atoms with E-state index in [4.69, 9.17) is 16.5 Å². The summed E-state index contributed by atoms with van der Waals surface area (Å²) in [7, 11) is -3.76. The first-order valence-electron chi connectivity index (χ1n) is 14.1. The highest BCUT2D eigenvalue weighted by Gasteiger charge is 2.46. The summed E-state index contributed by atoms with van der Waals surface area (Å²) in [6.07, 6.45) is 8.85. The van der Waals surface area contributed by atoms with Crippen LogP contribution in [0.2, 0.25) is 0 Å². The van der Waals surface area contributed by atoms with Crippen LogP contribution in [0.1, 0.15) is 47.7 Å². The normalized spacial score (nSPS) is 20.0. The summed E-state index contributed by atoms with van der Waals surface area (Å²) in [6.45, 7) is 0. The van der Waals surface area contributed by atoms with Crippen molar-refractivity contribution in [1.29, 1.82) is 0 Å². The van der Waals surface area contributed by atoms with E-state index < -0.39 is 9.84 Å². The minimum Gasteiger partial charge on any atom is -0.383 e. The van der Waals surface area contributed by atoms with E-state index in [0.717, 1.165) is 35.9 Å². The second kappa shape index (κ2) is 10.2. The van der Waals surface area contributed by atoms with Gasteiger partial charge in [0.2, 0.25) is 0 Å². The van der Waals surface area contributed by atoms with Crippen LogP contribution in [-0.4, -0.2) is 62.1 Å². The van der Waals surface area contributed by atoms with Crippen LogP contribution in [0.4, 0.5) is 11.6 Å². The van der Waals surface area contributed by atoms with E-state index in [0.29, 0.717) is 35.3 Å². The van der Waals surface area contributed by atoms with Crippen LogP contribution in [0, 0.1) is 0 Å². The molecule has 12 heteroatoms. The predicted octanol–water partition coefficient (Wildman–Crippen LogP) is 3.97. The molecular formula is C31H30N8O3S. The molecule has 7 rings (SSSR count). The van der Waals surface area contributed by atoms with Gasteiger partial charge in [0.05, 0.1) is 23.1 Å². The van der Waals surface area contributed by atoms with Crippen LogP contribution in [0.3, 0.4) is 0 Å². The molecule has 218 valence electrons. The lowest BCUT2D eigenvalue weighted by atomic mass is 9.87. The maximum Gasteiger partial charge on any atom is 0.258 e. The molecule has 2 aliphatic heterocycles. The van der Waals surface area contributed by atoms with Gasteiger partial charge in [0.15, 0.2) is 15.5 Å². The van der Waals surface area contributed by atoms with Crippen LogP contribution in [0.5, 0.6) is 0 Å². The first kappa shape index (κ1) is 27.0. The maximum absolute atomic E-state index is 13.5. The van der Waals surface area contributed by atoms with Crippen molar-refractivity contribution in [2.75, 3.05) is 17.7 Å². The fraction of sp³-hybridized carbons (Fsp3) is 0.258. The van der Waals surface area contributed by atoms with E-state index in [1.54, 1.807) is 30.7 Å². The van der Waals surface area contributed by atoms with Crippen molar-refractivity contribution in [3.8, 4) is 22.4 Å². The second-order valence-corrected chi connectivity index (χ2v) is 13.2. The van der Waals surface area contributed by atoms with Gasteiger partial charge in [-0.1, -0.05) is 36.4 Å². The third-order valence-corrected chi connectivity index (χ3v) is 9.76. The van der Waals surface area contributed by atoms with E-state index in [9.17, 15) is 13.2 Å². The largest absolute Gasteiger partial charge is 0.383 e. The average molecular weight is 595 g/mol. The number of hydrogen-bond donors (Lipinski definition) is 2. The molecule has 0 aliphatic carbocycles. The lowest BCUT2D eigenvalue weighted by Crippen LogP contribution is -2.46. The number of amides is 1. The molecule has 0 unspecified atom stereocenters. The van der Waals surface area contributed by atoms with Crippen LogP contribution in [0.15, 0.2) is 78.1 Å². The summed E-state index contributed by atoms with van der Waals surface area (Å²) in [4.78, 5) is 29.1.